The SMILES string of the molecule is CNCC(O)c1cc(C(F)(F)F)ccc1N. The van der Waals surface area contributed by atoms with E-state index in [4.69, 9.17) is 5.73 Å². The van der Waals surface area contributed by atoms with Crippen LogP contribution < -0.4 is 11.1 Å². The molecule has 0 fully saturated rings. The van der Waals surface area contributed by atoms with E-state index in [9.17, 15) is 18.3 Å². The second-order valence-corrected chi connectivity index (χ2v) is 3.41. The number of nitrogens with one attached hydrogen (secondary N) is 1. The van der Waals surface area contributed by atoms with Crippen LogP contribution >= 0.6 is 0 Å². The van der Waals surface area contributed by atoms with Gasteiger partial charge in [0.05, 0.1) is 11.7 Å². The molecule has 16 heavy (non-hydrogen) atoms. The number of rotatable bonds is 3. The molecule has 0 bridgehead atoms. The van der Waals surface area contributed by atoms with Gasteiger partial charge in [-0.25, -0.2) is 0 Å². The molecular formula is C10H13F3N2O. The van der Waals surface area contributed by atoms with Crippen LogP contribution in [0, 0.1) is 0 Å². The van der Waals surface area contributed by atoms with Crippen LogP contribution in [0.1, 0.15) is 17.2 Å². The van der Waals surface area contributed by atoms with Gasteiger partial charge in [-0.15, -0.1) is 0 Å². The quantitative estimate of drug-likeness (QED) is 0.695. The van der Waals surface area contributed by atoms with Crippen LogP contribution in [0.25, 0.3) is 0 Å². The van der Waals surface area contributed by atoms with Gasteiger partial charge in [0, 0.05) is 17.8 Å². The fraction of sp³-hybridized carbons (Fsp3) is 0.400. The Labute approximate surface area is 91.1 Å². The largest absolute Gasteiger partial charge is 0.416 e. The summed E-state index contributed by atoms with van der Waals surface area (Å²) in [5.74, 6) is 0. The van der Waals surface area contributed by atoms with E-state index in [2.05, 4.69) is 5.32 Å². The topological polar surface area (TPSA) is 58.3 Å². The van der Waals surface area contributed by atoms with Crippen LogP contribution in [-0.4, -0.2) is 18.7 Å². The Morgan fingerprint density at radius 2 is 2.06 bits per heavy atom. The van der Waals surface area contributed by atoms with E-state index in [0.29, 0.717) is 0 Å². The summed E-state index contributed by atoms with van der Waals surface area (Å²) < 4.78 is 37.2. The maximum Gasteiger partial charge on any atom is 0.416 e. The van der Waals surface area contributed by atoms with Crippen LogP contribution in [0.5, 0.6) is 0 Å². The fourth-order valence-corrected chi connectivity index (χ4v) is 1.34. The number of nitrogens with two attached hydrogens (primary N) is 1. The number of aliphatic hydroxyl groups excluding tert-OH is 1. The average Bonchev–Trinajstić information content (AvgIpc) is 2.16. The molecule has 0 heterocycles. The number of likely N-dealkylation sites (N-methyl/N-ethyl adjacent to an activating group) is 1. The molecule has 0 aliphatic rings. The monoisotopic (exact) mass is 234 g/mol. The highest BCUT2D eigenvalue weighted by Gasteiger charge is 2.31. The fourth-order valence-electron chi connectivity index (χ4n) is 1.34. The molecule has 0 aliphatic heterocycles. The van der Waals surface area contributed by atoms with E-state index in [1.165, 1.54) is 0 Å². The number of nitrogen functional groups attached to an aromatic ring is 1. The van der Waals surface area contributed by atoms with E-state index < -0.39 is 17.8 Å². The number of hydrogen-bond donors (Lipinski definition) is 3. The van der Waals surface area contributed by atoms with Crippen LogP contribution in [0.3, 0.4) is 0 Å². The number of hydrogen-bond acceptors (Lipinski definition) is 3. The zero-order valence-electron chi connectivity index (χ0n) is 8.67. The molecule has 1 atom stereocenters. The predicted octanol–water partition coefficient (Wildman–Crippen LogP) is 1.54. The van der Waals surface area contributed by atoms with E-state index in [1.807, 2.05) is 0 Å². The molecule has 1 aromatic rings. The van der Waals surface area contributed by atoms with Gasteiger partial charge in [0.1, 0.15) is 0 Å². The number of halogens is 3. The van der Waals surface area contributed by atoms with Gasteiger partial charge in [-0.2, -0.15) is 13.2 Å². The molecule has 1 rings (SSSR count). The number of aliphatic hydroxyl groups is 1. The maximum absolute atomic E-state index is 12.4. The minimum Gasteiger partial charge on any atom is -0.398 e. The number of benzene rings is 1. The lowest BCUT2D eigenvalue weighted by atomic mass is 10.0. The van der Waals surface area contributed by atoms with E-state index >= 15 is 0 Å². The van der Waals surface area contributed by atoms with E-state index in [1.54, 1.807) is 7.05 Å². The number of anilines is 1. The number of alkyl halides is 3. The second kappa shape index (κ2) is 4.71. The minimum atomic E-state index is -4.43. The minimum absolute atomic E-state index is 0.0872. The highest BCUT2D eigenvalue weighted by atomic mass is 19.4. The third-order valence-corrected chi connectivity index (χ3v) is 2.17. The van der Waals surface area contributed by atoms with Crippen molar-refractivity contribution in [2.75, 3.05) is 19.3 Å². The standard InChI is InChI=1S/C10H13F3N2O/c1-15-5-9(16)7-4-6(10(11,12)13)2-3-8(7)14/h2-4,9,15-16H,5,14H2,1H3. The van der Waals surface area contributed by atoms with Crippen molar-refractivity contribution in [1.29, 1.82) is 0 Å². The molecule has 0 aromatic heterocycles. The Morgan fingerprint density at radius 1 is 1.44 bits per heavy atom. The van der Waals surface area contributed by atoms with Crippen LogP contribution in [0.15, 0.2) is 18.2 Å². The van der Waals surface area contributed by atoms with Crippen molar-refractivity contribution in [2.24, 2.45) is 0 Å². The summed E-state index contributed by atoms with van der Waals surface area (Å²) >= 11 is 0. The molecule has 6 heteroatoms. The molecule has 0 spiro atoms. The van der Waals surface area contributed by atoms with Crippen molar-refractivity contribution in [1.82, 2.24) is 5.32 Å². The summed E-state index contributed by atoms with van der Waals surface area (Å²) in [6.07, 6.45) is -5.48. The van der Waals surface area contributed by atoms with Crippen LogP contribution in [0.4, 0.5) is 18.9 Å². The Bertz CT molecular complexity index is 366. The first-order chi connectivity index (χ1) is 7.36. The van der Waals surface area contributed by atoms with Gasteiger partial charge in [0.25, 0.3) is 0 Å². The zero-order valence-corrected chi connectivity index (χ0v) is 8.67. The van der Waals surface area contributed by atoms with Crippen molar-refractivity contribution in [3.8, 4) is 0 Å². The molecule has 0 saturated heterocycles. The molecule has 1 aromatic carbocycles. The Hall–Kier alpha value is -1.27. The van der Waals surface area contributed by atoms with Crippen LogP contribution in [-0.2, 0) is 6.18 Å². The average molecular weight is 234 g/mol. The van der Waals surface area contributed by atoms with Crippen molar-refractivity contribution < 1.29 is 18.3 Å². The summed E-state index contributed by atoms with van der Waals surface area (Å²) in [6.45, 7) is 0.144. The van der Waals surface area contributed by atoms with E-state index in [-0.39, 0.29) is 17.8 Å². The van der Waals surface area contributed by atoms with Crippen molar-refractivity contribution in [2.45, 2.75) is 12.3 Å². The molecular weight excluding hydrogens is 221 g/mol. The summed E-state index contributed by atoms with van der Waals surface area (Å²) in [7, 11) is 1.59. The summed E-state index contributed by atoms with van der Waals surface area (Å²) in [4.78, 5) is 0. The summed E-state index contributed by atoms with van der Waals surface area (Å²) in [5.41, 5.74) is 4.93. The molecule has 3 nitrogen and oxygen atoms in total. The highest BCUT2D eigenvalue weighted by Crippen LogP contribution is 2.32. The van der Waals surface area contributed by atoms with Gasteiger partial charge >= 0.3 is 6.18 Å². The lowest BCUT2D eigenvalue weighted by molar-refractivity contribution is -0.137. The third-order valence-electron chi connectivity index (χ3n) is 2.17. The normalized spacial score (nSPS) is 13.8. The van der Waals surface area contributed by atoms with Gasteiger partial charge in [-0.05, 0) is 25.2 Å². The first-order valence-electron chi connectivity index (χ1n) is 4.65. The molecule has 4 N–H and O–H groups in total. The van der Waals surface area contributed by atoms with E-state index in [0.717, 1.165) is 18.2 Å². The van der Waals surface area contributed by atoms with Gasteiger partial charge in [-0.3, -0.25) is 0 Å². The first kappa shape index (κ1) is 12.8. The Balaban J connectivity index is 3.09. The second-order valence-electron chi connectivity index (χ2n) is 3.41. The van der Waals surface area contributed by atoms with Gasteiger partial charge in [0.15, 0.2) is 0 Å². The Kier molecular flexibility index (Phi) is 3.77. The molecule has 0 amide bonds. The lowest BCUT2D eigenvalue weighted by Crippen LogP contribution is -2.18. The maximum atomic E-state index is 12.4. The predicted molar refractivity (Wildman–Crippen MR) is 54.7 cm³/mol. The van der Waals surface area contributed by atoms with Crippen molar-refractivity contribution in [3.63, 3.8) is 0 Å². The zero-order chi connectivity index (χ0) is 12.3. The molecule has 0 aliphatic carbocycles. The van der Waals surface area contributed by atoms with Crippen molar-refractivity contribution >= 4 is 5.69 Å². The van der Waals surface area contributed by atoms with Gasteiger partial charge < -0.3 is 16.2 Å². The summed E-state index contributed by atoms with van der Waals surface area (Å²) in [6, 6.07) is 2.92. The van der Waals surface area contributed by atoms with Gasteiger partial charge in [0.2, 0.25) is 0 Å². The van der Waals surface area contributed by atoms with Crippen LogP contribution in [0.2, 0.25) is 0 Å². The smallest absolute Gasteiger partial charge is 0.398 e. The molecule has 0 radical (unpaired) electrons. The summed E-state index contributed by atoms with van der Waals surface area (Å²) in [5, 5.41) is 12.2. The highest BCUT2D eigenvalue weighted by molar-refractivity contribution is 5.50. The molecule has 1 unspecified atom stereocenters. The first-order valence-corrected chi connectivity index (χ1v) is 4.65. The molecule has 90 valence electrons. The molecule has 0 saturated carbocycles. The van der Waals surface area contributed by atoms with Gasteiger partial charge in [-0.1, -0.05) is 0 Å². The Morgan fingerprint density at radius 3 is 2.56 bits per heavy atom. The van der Waals surface area contributed by atoms with Crippen molar-refractivity contribution in [3.05, 3.63) is 29.3 Å². The lowest BCUT2D eigenvalue weighted by Gasteiger charge is -2.15. The third kappa shape index (κ3) is 2.86.